The molecule has 0 bridgehead atoms. The Balaban J connectivity index is 2.26. The van der Waals surface area contributed by atoms with E-state index >= 15 is 0 Å². The zero-order valence-electron chi connectivity index (χ0n) is 9.26. The van der Waals surface area contributed by atoms with Gasteiger partial charge in [0.25, 0.3) is 0 Å². The molecule has 2 rings (SSSR count). The Bertz CT molecular complexity index is 619. The van der Waals surface area contributed by atoms with Crippen molar-refractivity contribution in [1.82, 2.24) is 4.72 Å². The molecule has 0 amide bonds. The molecule has 0 spiro atoms. The zero-order valence-corrected chi connectivity index (χ0v) is 10.9. The predicted octanol–water partition coefficient (Wildman–Crippen LogP) is 1.95. The monoisotopic (exact) mass is 286 g/mol. The van der Waals surface area contributed by atoms with Crippen LogP contribution in [0.3, 0.4) is 0 Å². The predicted molar refractivity (Wildman–Crippen MR) is 69.2 cm³/mol. The summed E-state index contributed by atoms with van der Waals surface area (Å²) in [4.78, 5) is -0.500. The number of anilines is 1. The first kappa shape index (κ1) is 13.0. The number of rotatable bonds is 4. The average Bonchev–Trinajstić information content (AvgIpc) is 2.78. The Labute approximate surface area is 108 Å². The maximum atomic E-state index is 13.5. The normalized spacial score (nSPS) is 11.6. The summed E-state index contributed by atoms with van der Waals surface area (Å²) in [6.45, 7) is 0.111. The molecule has 7 heteroatoms. The van der Waals surface area contributed by atoms with Crippen molar-refractivity contribution in [3.8, 4) is 0 Å². The van der Waals surface area contributed by atoms with E-state index in [9.17, 15) is 12.8 Å². The van der Waals surface area contributed by atoms with Gasteiger partial charge in [-0.25, -0.2) is 17.5 Å². The van der Waals surface area contributed by atoms with Crippen LogP contribution in [0.2, 0.25) is 0 Å². The van der Waals surface area contributed by atoms with E-state index in [4.69, 9.17) is 5.73 Å². The molecule has 0 saturated carbocycles. The molecular formula is C11H11FN2O2S2. The molecule has 0 aliphatic rings. The van der Waals surface area contributed by atoms with Gasteiger partial charge in [0.15, 0.2) is 0 Å². The van der Waals surface area contributed by atoms with Crippen molar-refractivity contribution >= 4 is 27.0 Å². The Morgan fingerprint density at radius 1 is 1.33 bits per heavy atom. The lowest BCUT2D eigenvalue weighted by molar-refractivity contribution is 0.558. The van der Waals surface area contributed by atoms with Crippen LogP contribution in [-0.2, 0) is 16.6 Å². The Morgan fingerprint density at radius 2 is 2.11 bits per heavy atom. The fourth-order valence-electron chi connectivity index (χ4n) is 1.45. The van der Waals surface area contributed by atoms with Gasteiger partial charge in [0.05, 0.1) is 5.69 Å². The highest BCUT2D eigenvalue weighted by atomic mass is 32.2. The SMILES string of the molecule is Nc1cccc(F)c1S(=O)(=O)NCc1ccsc1. The Morgan fingerprint density at radius 3 is 2.72 bits per heavy atom. The van der Waals surface area contributed by atoms with Gasteiger partial charge in [-0.05, 0) is 34.5 Å². The van der Waals surface area contributed by atoms with Crippen LogP contribution in [-0.4, -0.2) is 8.42 Å². The summed E-state index contributed by atoms with van der Waals surface area (Å²) >= 11 is 1.46. The number of nitrogen functional groups attached to an aromatic ring is 1. The third-order valence-corrected chi connectivity index (χ3v) is 4.54. The van der Waals surface area contributed by atoms with Crippen molar-refractivity contribution in [2.24, 2.45) is 0 Å². The molecule has 96 valence electrons. The van der Waals surface area contributed by atoms with Crippen LogP contribution < -0.4 is 10.5 Å². The maximum absolute atomic E-state index is 13.5. The molecular weight excluding hydrogens is 275 g/mol. The molecule has 1 aromatic heterocycles. The van der Waals surface area contributed by atoms with E-state index in [1.165, 1.54) is 23.5 Å². The minimum absolute atomic E-state index is 0.104. The quantitative estimate of drug-likeness (QED) is 0.844. The third kappa shape index (κ3) is 2.69. The van der Waals surface area contributed by atoms with Gasteiger partial charge < -0.3 is 5.73 Å². The number of nitrogens with one attached hydrogen (secondary N) is 1. The van der Waals surface area contributed by atoms with Gasteiger partial charge in [-0.15, -0.1) is 0 Å². The number of hydrogen-bond donors (Lipinski definition) is 2. The minimum atomic E-state index is -3.94. The van der Waals surface area contributed by atoms with Crippen LogP contribution in [0.15, 0.2) is 39.9 Å². The lowest BCUT2D eigenvalue weighted by Gasteiger charge is -2.09. The van der Waals surface area contributed by atoms with Crippen LogP contribution in [0.25, 0.3) is 0 Å². The zero-order chi connectivity index (χ0) is 13.2. The van der Waals surface area contributed by atoms with Crippen LogP contribution in [0.1, 0.15) is 5.56 Å². The van der Waals surface area contributed by atoms with Crippen molar-refractivity contribution in [1.29, 1.82) is 0 Å². The van der Waals surface area contributed by atoms with Crippen LogP contribution >= 0.6 is 11.3 Å². The Kier molecular flexibility index (Phi) is 3.65. The van der Waals surface area contributed by atoms with Gasteiger partial charge >= 0.3 is 0 Å². The number of hydrogen-bond acceptors (Lipinski definition) is 4. The molecule has 0 saturated heterocycles. The molecule has 0 atom stereocenters. The Hall–Kier alpha value is -1.44. The number of benzene rings is 1. The van der Waals surface area contributed by atoms with E-state index in [1.54, 1.807) is 6.07 Å². The summed E-state index contributed by atoms with van der Waals surface area (Å²) in [5, 5.41) is 3.65. The van der Waals surface area contributed by atoms with E-state index < -0.39 is 20.7 Å². The minimum Gasteiger partial charge on any atom is -0.398 e. The van der Waals surface area contributed by atoms with Gasteiger partial charge in [-0.1, -0.05) is 6.07 Å². The average molecular weight is 286 g/mol. The summed E-state index contributed by atoms with van der Waals surface area (Å²) in [5.41, 5.74) is 6.21. The van der Waals surface area contributed by atoms with E-state index in [2.05, 4.69) is 4.72 Å². The molecule has 3 N–H and O–H groups in total. The molecule has 0 fully saturated rings. The lowest BCUT2D eigenvalue weighted by Crippen LogP contribution is -2.25. The van der Waals surface area contributed by atoms with Crippen molar-refractivity contribution in [2.75, 3.05) is 5.73 Å². The number of halogens is 1. The van der Waals surface area contributed by atoms with Crippen LogP contribution in [0.4, 0.5) is 10.1 Å². The van der Waals surface area contributed by atoms with E-state index in [0.717, 1.165) is 11.6 Å². The molecule has 4 nitrogen and oxygen atoms in total. The summed E-state index contributed by atoms with van der Waals surface area (Å²) in [5.74, 6) is -0.854. The van der Waals surface area contributed by atoms with Gasteiger partial charge in [0.1, 0.15) is 10.7 Å². The van der Waals surface area contributed by atoms with E-state index in [1.807, 2.05) is 10.8 Å². The van der Waals surface area contributed by atoms with E-state index in [0.29, 0.717) is 0 Å². The molecule has 1 heterocycles. The highest BCUT2D eigenvalue weighted by molar-refractivity contribution is 7.89. The van der Waals surface area contributed by atoms with Crippen molar-refractivity contribution in [3.63, 3.8) is 0 Å². The summed E-state index contributed by atoms with van der Waals surface area (Å²) in [7, 11) is -3.94. The number of sulfonamides is 1. The largest absolute Gasteiger partial charge is 0.398 e. The highest BCUT2D eigenvalue weighted by Gasteiger charge is 2.21. The fraction of sp³-hybridized carbons (Fsp3) is 0.0909. The van der Waals surface area contributed by atoms with E-state index in [-0.39, 0.29) is 12.2 Å². The summed E-state index contributed by atoms with van der Waals surface area (Å²) in [6, 6.07) is 5.57. The molecule has 0 aliphatic carbocycles. The van der Waals surface area contributed by atoms with Crippen molar-refractivity contribution < 1.29 is 12.8 Å². The molecule has 0 unspecified atom stereocenters. The second-order valence-corrected chi connectivity index (χ2v) is 6.10. The molecule has 2 aromatic rings. The summed E-state index contributed by atoms with van der Waals surface area (Å²) < 4.78 is 39.7. The molecule has 1 aromatic carbocycles. The summed E-state index contributed by atoms with van der Waals surface area (Å²) in [6.07, 6.45) is 0. The van der Waals surface area contributed by atoms with Gasteiger partial charge in [-0.2, -0.15) is 11.3 Å². The molecule has 18 heavy (non-hydrogen) atoms. The van der Waals surface area contributed by atoms with Gasteiger partial charge in [0.2, 0.25) is 10.0 Å². The molecule has 0 radical (unpaired) electrons. The smallest absolute Gasteiger partial charge is 0.245 e. The maximum Gasteiger partial charge on any atom is 0.245 e. The third-order valence-electron chi connectivity index (χ3n) is 2.31. The van der Waals surface area contributed by atoms with Crippen LogP contribution in [0.5, 0.6) is 0 Å². The first-order chi connectivity index (χ1) is 8.50. The molecule has 0 aliphatic heterocycles. The first-order valence-electron chi connectivity index (χ1n) is 5.05. The topological polar surface area (TPSA) is 72.2 Å². The second kappa shape index (κ2) is 5.05. The van der Waals surface area contributed by atoms with Crippen molar-refractivity contribution in [3.05, 3.63) is 46.4 Å². The standard InChI is InChI=1S/C11H11FN2O2S2/c12-9-2-1-3-10(13)11(9)18(15,16)14-6-8-4-5-17-7-8/h1-5,7,14H,6,13H2. The van der Waals surface area contributed by atoms with Crippen LogP contribution in [0, 0.1) is 5.82 Å². The second-order valence-electron chi connectivity index (χ2n) is 3.61. The fourth-order valence-corrected chi connectivity index (χ4v) is 3.33. The highest BCUT2D eigenvalue weighted by Crippen LogP contribution is 2.21. The number of nitrogens with two attached hydrogens (primary N) is 1. The first-order valence-corrected chi connectivity index (χ1v) is 7.48. The van der Waals surface area contributed by atoms with Gasteiger partial charge in [-0.3, -0.25) is 0 Å². The van der Waals surface area contributed by atoms with Crippen molar-refractivity contribution in [2.45, 2.75) is 11.4 Å². The lowest BCUT2D eigenvalue weighted by atomic mass is 10.3. The van der Waals surface area contributed by atoms with Gasteiger partial charge in [0, 0.05) is 6.54 Å². The number of thiophene rings is 1.